The van der Waals surface area contributed by atoms with E-state index in [2.05, 4.69) is 10.6 Å². The molecule has 7 heteroatoms. The second kappa shape index (κ2) is 7.84. The van der Waals surface area contributed by atoms with Gasteiger partial charge in [0.25, 0.3) is 0 Å². The molecule has 0 radical (unpaired) electrons. The van der Waals surface area contributed by atoms with Gasteiger partial charge in [-0.05, 0) is 55.0 Å². The molecule has 3 rings (SSSR count). The molecule has 1 aliphatic heterocycles. The lowest BCUT2D eigenvalue weighted by Gasteiger charge is -2.31. The van der Waals surface area contributed by atoms with E-state index in [9.17, 15) is 4.79 Å². The third-order valence-electron chi connectivity index (χ3n) is 4.50. The van der Waals surface area contributed by atoms with Crippen molar-refractivity contribution in [3.63, 3.8) is 0 Å². The van der Waals surface area contributed by atoms with Crippen LogP contribution in [0.2, 0.25) is 0 Å². The number of hydrogen-bond acceptors (Lipinski definition) is 5. The quantitative estimate of drug-likeness (QED) is 0.604. The smallest absolute Gasteiger partial charge is 0.338 e. The van der Waals surface area contributed by atoms with Gasteiger partial charge in [0.1, 0.15) is 11.5 Å². The number of fused-ring (bicyclic) bond motifs is 1. The first kappa shape index (κ1) is 19.0. The Morgan fingerprint density at radius 3 is 2.59 bits per heavy atom. The van der Waals surface area contributed by atoms with Crippen LogP contribution in [0, 0.1) is 0 Å². The zero-order chi connectivity index (χ0) is 19.6. The number of allylic oxidation sites excluding steroid dienone is 1. The topological polar surface area (TPSA) is 68.8 Å². The Balaban J connectivity index is 2.28. The average molecular weight is 386 g/mol. The summed E-state index contributed by atoms with van der Waals surface area (Å²) in [5, 5.41) is 8.55. The van der Waals surface area contributed by atoms with E-state index in [0.717, 1.165) is 16.3 Å². The molecule has 2 N–H and O–H groups in total. The van der Waals surface area contributed by atoms with Crippen LogP contribution in [0.5, 0.6) is 11.5 Å². The predicted molar refractivity (Wildman–Crippen MR) is 108 cm³/mol. The van der Waals surface area contributed by atoms with Crippen molar-refractivity contribution < 1.29 is 19.0 Å². The van der Waals surface area contributed by atoms with Crippen LogP contribution in [-0.4, -0.2) is 31.9 Å². The maximum Gasteiger partial charge on any atom is 0.338 e. The van der Waals surface area contributed by atoms with Gasteiger partial charge in [-0.15, -0.1) is 0 Å². The van der Waals surface area contributed by atoms with Crippen LogP contribution in [0.4, 0.5) is 0 Å². The Kier molecular flexibility index (Phi) is 5.51. The minimum Gasteiger partial charge on any atom is -0.497 e. The first-order chi connectivity index (χ1) is 13.0. The number of nitrogens with one attached hydrogen (secondary N) is 2. The zero-order valence-electron chi connectivity index (χ0n) is 15.7. The summed E-state index contributed by atoms with van der Waals surface area (Å²) in [6, 6.07) is 9.14. The molecule has 1 aliphatic rings. The summed E-state index contributed by atoms with van der Waals surface area (Å²) < 4.78 is 16.3. The number of rotatable bonds is 5. The Bertz CT molecular complexity index is 934. The van der Waals surface area contributed by atoms with Crippen LogP contribution in [0.3, 0.4) is 0 Å². The second-order valence-corrected chi connectivity index (χ2v) is 6.47. The van der Waals surface area contributed by atoms with Crippen molar-refractivity contribution in [2.75, 3.05) is 20.8 Å². The van der Waals surface area contributed by atoms with Crippen molar-refractivity contribution in [2.45, 2.75) is 19.9 Å². The largest absolute Gasteiger partial charge is 0.497 e. The van der Waals surface area contributed by atoms with E-state index >= 15 is 0 Å². The molecule has 0 bridgehead atoms. The van der Waals surface area contributed by atoms with Crippen LogP contribution >= 0.6 is 12.2 Å². The number of hydrogen-bond donors (Lipinski definition) is 2. The number of ether oxygens (including phenoxy) is 3. The molecule has 2 aromatic rings. The van der Waals surface area contributed by atoms with E-state index in [1.807, 2.05) is 37.3 Å². The van der Waals surface area contributed by atoms with Gasteiger partial charge >= 0.3 is 5.97 Å². The van der Waals surface area contributed by atoms with Crippen molar-refractivity contribution in [3.05, 3.63) is 47.2 Å². The maximum atomic E-state index is 12.7. The molecule has 0 saturated heterocycles. The van der Waals surface area contributed by atoms with E-state index < -0.39 is 12.0 Å². The SMILES string of the molecule is CCOC(=O)C1=C(C)NC(=S)N[C@@H]1c1c(OC)ccc2ccc(OC)cc12. The molecule has 0 unspecified atom stereocenters. The minimum atomic E-state index is -0.511. The molecular formula is C20H22N2O4S. The van der Waals surface area contributed by atoms with Gasteiger partial charge in [0.15, 0.2) is 5.11 Å². The standard InChI is InChI=1S/C20H22N2O4S/c1-5-26-19(23)16-11(2)21-20(27)22-18(16)17-14-10-13(24-3)8-6-12(14)7-9-15(17)25-4/h6-10,18H,5H2,1-4H3,(H2,21,22,27)/t18-/m0/s1. The first-order valence-corrected chi connectivity index (χ1v) is 9.01. The van der Waals surface area contributed by atoms with Gasteiger partial charge in [0, 0.05) is 11.3 Å². The summed E-state index contributed by atoms with van der Waals surface area (Å²) in [5.41, 5.74) is 1.93. The van der Waals surface area contributed by atoms with Gasteiger partial charge in [0.2, 0.25) is 0 Å². The highest BCUT2D eigenvalue weighted by Gasteiger charge is 2.33. The number of methoxy groups -OCH3 is 2. The van der Waals surface area contributed by atoms with E-state index in [-0.39, 0.29) is 6.61 Å². The average Bonchev–Trinajstić information content (AvgIpc) is 2.65. The van der Waals surface area contributed by atoms with Crippen molar-refractivity contribution >= 4 is 34.1 Å². The molecule has 0 spiro atoms. The van der Waals surface area contributed by atoms with Gasteiger partial charge in [-0.2, -0.15) is 0 Å². The van der Waals surface area contributed by atoms with Gasteiger partial charge in [-0.3, -0.25) is 0 Å². The number of carbonyl (C=O) groups excluding carboxylic acids is 1. The highest BCUT2D eigenvalue weighted by atomic mass is 32.1. The summed E-state index contributed by atoms with van der Waals surface area (Å²) in [6.07, 6.45) is 0. The van der Waals surface area contributed by atoms with Crippen LogP contribution in [0.1, 0.15) is 25.5 Å². The van der Waals surface area contributed by atoms with Crippen LogP contribution in [-0.2, 0) is 9.53 Å². The fraction of sp³-hybridized carbons (Fsp3) is 0.300. The summed E-state index contributed by atoms with van der Waals surface area (Å²) >= 11 is 5.34. The van der Waals surface area contributed by atoms with E-state index in [1.54, 1.807) is 21.1 Å². The Morgan fingerprint density at radius 1 is 1.19 bits per heavy atom. The van der Waals surface area contributed by atoms with Crippen molar-refractivity contribution in [2.24, 2.45) is 0 Å². The monoisotopic (exact) mass is 386 g/mol. The molecule has 0 aromatic heterocycles. The lowest BCUT2D eigenvalue weighted by Crippen LogP contribution is -2.45. The number of carbonyl (C=O) groups is 1. The molecule has 0 fully saturated rings. The second-order valence-electron chi connectivity index (χ2n) is 6.06. The van der Waals surface area contributed by atoms with Crippen LogP contribution < -0.4 is 20.1 Å². The summed E-state index contributed by atoms with van der Waals surface area (Å²) in [5.74, 6) is 0.962. The predicted octanol–water partition coefficient (Wildman–Crippen LogP) is 3.21. The maximum absolute atomic E-state index is 12.7. The molecule has 0 aliphatic carbocycles. The molecule has 0 saturated carbocycles. The highest BCUT2D eigenvalue weighted by molar-refractivity contribution is 7.80. The van der Waals surface area contributed by atoms with Crippen molar-refractivity contribution in [3.8, 4) is 11.5 Å². The lowest BCUT2D eigenvalue weighted by atomic mass is 9.90. The summed E-state index contributed by atoms with van der Waals surface area (Å²) in [6.45, 7) is 3.87. The van der Waals surface area contributed by atoms with Crippen molar-refractivity contribution in [1.29, 1.82) is 0 Å². The molecule has 0 amide bonds. The van der Waals surface area contributed by atoms with Crippen LogP contribution in [0.15, 0.2) is 41.6 Å². The first-order valence-electron chi connectivity index (χ1n) is 8.60. The number of esters is 1. The van der Waals surface area contributed by atoms with Gasteiger partial charge < -0.3 is 24.8 Å². The number of benzene rings is 2. The third-order valence-corrected chi connectivity index (χ3v) is 4.72. The lowest BCUT2D eigenvalue weighted by molar-refractivity contribution is -0.139. The zero-order valence-corrected chi connectivity index (χ0v) is 16.5. The minimum absolute atomic E-state index is 0.285. The summed E-state index contributed by atoms with van der Waals surface area (Å²) in [7, 11) is 3.22. The van der Waals surface area contributed by atoms with E-state index in [0.29, 0.717) is 27.9 Å². The Hall–Kier alpha value is -2.80. The third kappa shape index (κ3) is 3.55. The van der Waals surface area contributed by atoms with Crippen molar-refractivity contribution in [1.82, 2.24) is 10.6 Å². The number of thiocarbonyl (C=S) groups is 1. The van der Waals surface area contributed by atoms with E-state index in [4.69, 9.17) is 26.4 Å². The van der Waals surface area contributed by atoms with Crippen LogP contribution in [0.25, 0.3) is 10.8 Å². The summed E-state index contributed by atoms with van der Waals surface area (Å²) in [4.78, 5) is 12.7. The molecular weight excluding hydrogens is 364 g/mol. The molecule has 27 heavy (non-hydrogen) atoms. The normalized spacial score (nSPS) is 16.6. The highest BCUT2D eigenvalue weighted by Crippen LogP contribution is 2.39. The van der Waals surface area contributed by atoms with Gasteiger partial charge in [-0.25, -0.2) is 4.79 Å². The molecule has 1 heterocycles. The van der Waals surface area contributed by atoms with E-state index in [1.165, 1.54) is 0 Å². The Labute approximate surface area is 163 Å². The van der Waals surface area contributed by atoms with Gasteiger partial charge in [-0.1, -0.05) is 12.1 Å². The van der Waals surface area contributed by atoms with Gasteiger partial charge in [0.05, 0.1) is 32.4 Å². The fourth-order valence-corrected chi connectivity index (χ4v) is 3.57. The Morgan fingerprint density at radius 2 is 1.93 bits per heavy atom. The molecule has 2 aromatic carbocycles. The molecule has 142 valence electrons. The fourth-order valence-electron chi connectivity index (χ4n) is 3.29. The molecule has 6 nitrogen and oxygen atoms in total. The molecule has 1 atom stereocenters.